The van der Waals surface area contributed by atoms with Crippen molar-refractivity contribution in [1.29, 1.82) is 0 Å². The van der Waals surface area contributed by atoms with Crippen LogP contribution in [0.4, 0.5) is 10.1 Å². The van der Waals surface area contributed by atoms with E-state index >= 15 is 0 Å². The fraction of sp³-hybridized carbons (Fsp3) is 0.267. The fourth-order valence-corrected chi connectivity index (χ4v) is 3.10. The van der Waals surface area contributed by atoms with Crippen LogP contribution < -0.4 is 4.90 Å². The summed E-state index contributed by atoms with van der Waals surface area (Å²) in [5.41, 5.74) is 2.76. The number of carbonyl (C=O) groups is 1. The first-order valence-electron chi connectivity index (χ1n) is 6.30. The number of anilines is 1. The van der Waals surface area contributed by atoms with Gasteiger partial charge in [0.1, 0.15) is 5.82 Å². The van der Waals surface area contributed by atoms with Crippen molar-refractivity contribution >= 4 is 27.5 Å². The zero-order valence-electron chi connectivity index (χ0n) is 10.4. The Morgan fingerprint density at radius 1 is 1.21 bits per heavy atom. The monoisotopic (exact) mass is 321 g/mol. The maximum absolute atomic E-state index is 14.0. The highest BCUT2D eigenvalue weighted by atomic mass is 79.9. The van der Waals surface area contributed by atoms with E-state index in [-0.39, 0.29) is 11.6 Å². The first kappa shape index (κ1) is 12.6. The molecule has 1 heterocycles. The molecule has 0 saturated heterocycles. The minimum absolute atomic E-state index is 0.110. The van der Waals surface area contributed by atoms with E-state index in [2.05, 4.69) is 22.5 Å². The normalized spacial score (nSPS) is 19.2. The maximum Gasteiger partial charge on any atom is 0.259 e. The summed E-state index contributed by atoms with van der Waals surface area (Å²) in [7, 11) is 0. The number of rotatable bonds is 1. The molecule has 2 nitrogen and oxygen atoms in total. The van der Waals surface area contributed by atoms with Crippen LogP contribution in [0.15, 0.2) is 46.1 Å². The Morgan fingerprint density at radius 2 is 1.89 bits per heavy atom. The molecule has 1 aromatic rings. The first-order chi connectivity index (χ1) is 9.09. The summed E-state index contributed by atoms with van der Waals surface area (Å²) < 4.78 is 14.7. The summed E-state index contributed by atoms with van der Waals surface area (Å²) in [6, 6.07) is 4.71. The summed E-state index contributed by atoms with van der Waals surface area (Å²) in [5, 5.41) is 0. The van der Waals surface area contributed by atoms with Gasteiger partial charge >= 0.3 is 0 Å². The van der Waals surface area contributed by atoms with Crippen LogP contribution in [0.1, 0.15) is 25.7 Å². The molecule has 0 atom stereocenters. The second-order valence-corrected chi connectivity index (χ2v) is 5.76. The lowest BCUT2D eigenvalue weighted by molar-refractivity contribution is -0.114. The summed E-state index contributed by atoms with van der Waals surface area (Å²) in [4.78, 5) is 13.8. The van der Waals surface area contributed by atoms with E-state index in [1.807, 2.05) is 0 Å². The van der Waals surface area contributed by atoms with Gasteiger partial charge in [-0.25, -0.2) is 4.39 Å². The molecule has 3 rings (SSSR count). The van der Waals surface area contributed by atoms with Gasteiger partial charge in [-0.3, -0.25) is 9.69 Å². The molecule has 0 radical (unpaired) electrons. The minimum atomic E-state index is -0.413. The number of hydrogen-bond acceptors (Lipinski definition) is 1. The molecule has 0 N–H and O–H groups in total. The van der Waals surface area contributed by atoms with Crippen molar-refractivity contribution in [3.05, 3.63) is 51.9 Å². The van der Waals surface area contributed by atoms with Crippen molar-refractivity contribution in [3.63, 3.8) is 0 Å². The number of allylic oxidation sites excluding steroid dienone is 1. The molecule has 1 aliphatic heterocycles. The Kier molecular flexibility index (Phi) is 3.05. The highest BCUT2D eigenvalue weighted by Gasteiger charge is 2.36. The van der Waals surface area contributed by atoms with E-state index in [1.54, 1.807) is 12.1 Å². The van der Waals surface area contributed by atoms with E-state index < -0.39 is 5.82 Å². The first-order valence-corrected chi connectivity index (χ1v) is 7.09. The lowest BCUT2D eigenvalue weighted by Crippen LogP contribution is -2.25. The van der Waals surface area contributed by atoms with Gasteiger partial charge in [0.05, 0.1) is 5.69 Å². The molecule has 2 aliphatic rings. The van der Waals surface area contributed by atoms with Gasteiger partial charge in [0.25, 0.3) is 5.91 Å². The van der Waals surface area contributed by atoms with E-state index in [4.69, 9.17) is 0 Å². The van der Waals surface area contributed by atoms with Gasteiger partial charge in [0.15, 0.2) is 0 Å². The van der Waals surface area contributed by atoms with Crippen LogP contribution in [0.3, 0.4) is 0 Å². The zero-order valence-corrected chi connectivity index (χ0v) is 12.0. The Hall–Kier alpha value is -1.42. The van der Waals surface area contributed by atoms with Gasteiger partial charge in [-0.1, -0.05) is 22.5 Å². The van der Waals surface area contributed by atoms with Gasteiger partial charge < -0.3 is 0 Å². The molecule has 1 amide bonds. The zero-order chi connectivity index (χ0) is 13.6. The lowest BCUT2D eigenvalue weighted by atomic mass is 9.93. The second kappa shape index (κ2) is 4.60. The Morgan fingerprint density at radius 3 is 2.53 bits per heavy atom. The van der Waals surface area contributed by atoms with Crippen LogP contribution in [0.5, 0.6) is 0 Å². The molecule has 1 aliphatic carbocycles. The molecule has 98 valence electrons. The molecular formula is C15H13BrFNO. The number of halogens is 2. The highest BCUT2D eigenvalue weighted by Crippen LogP contribution is 2.41. The summed E-state index contributed by atoms with van der Waals surface area (Å²) >= 11 is 3.22. The van der Waals surface area contributed by atoms with Gasteiger partial charge in [-0.05, 0) is 49.5 Å². The average Bonchev–Trinajstić information content (AvgIpc) is 2.64. The van der Waals surface area contributed by atoms with E-state index in [0.29, 0.717) is 10.2 Å². The van der Waals surface area contributed by atoms with Crippen LogP contribution in [0.25, 0.3) is 0 Å². The second-order valence-electron chi connectivity index (χ2n) is 4.85. The number of benzene rings is 1. The van der Waals surface area contributed by atoms with Gasteiger partial charge in [0.2, 0.25) is 0 Å². The molecule has 4 heteroatoms. The summed E-state index contributed by atoms with van der Waals surface area (Å²) in [5.74, 6) is -0.523. The van der Waals surface area contributed by atoms with Gasteiger partial charge in [-0.15, -0.1) is 0 Å². The minimum Gasteiger partial charge on any atom is -0.275 e. The summed E-state index contributed by atoms with van der Waals surface area (Å²) in [6.07, 6.45) is 3.74. The van der Waals surface area contributed by atoms with E-state index in [1.165, 1.54) is 11.0 Å². The molecule has 0 spiro atoms. The predicted molar refractivity (Wildman–Crippen MR) is 76.2 cm³/mol. The molecule has 0 saturated carbocycles. The molecule has 0 aromatic heterocycles. The van der Waals surface area contributed by atoms with Gasteiger partial charge in [0, 0.05) is 15.7 Å². The van der Waals surface area contributed by atoms with E-state index in [9.17, 15) is 9.18 Å². The maximum atomic E-state index is 14.0. The molecule has 0 fully saturated rings. The van der Waals surface area contributed by atoms with Crippen molar-refractivity contribution in [1.82, 2.24) is 0 Å². The fourth-order valence-electron chi connectivity index (χ4n) is 2.77. The number of nitrogens with zero attached hydrogens (tertiary/aromatic N) is 1. The molecular weight excluding hydrogens is 309 g/mol. The number of hydrogen-bond donors (Lipinski definition) is 0. The van der Waals surface area contributed by atoms with Crippen LogP contribution in [0, 0.1) is 5.82 Å². The number of amides is 1. The third-order valence-corrected chi connectivity index (χ3v) is 4.19. The van der Waals surface area contributed by atoms with Gasteiger partial charge in [-0.2, -0.15) is 0 Å². The third-order valence-electron chi connectivity index (χ3n) is 3.70. The Labute approximate surface area is 119 Å². The van der Waals surface area contributed by atoms with Crippen molar-refractivity contribution in [2.24, 2.45) is 0 Å². The highest BCUT2D eigenvalue weighted by molar-refractivity contribution is 9.10. The molecule has 0 bridgehead atoms. The smallest absolute Gasteiger partial charge is 0.259 e. The lowest BCUT2D eigenvalue weighted by Gasteiger charge is -2.19. The van der Waals surface area contributed by atoms with Crippen molar-refractivity contribution in [2.45, 2.75) is 25.7 Å². The van der Waals surface area contributed by atoms with Crippen LogP contribution in [-0.4, -0.2) is 5.91 Å². The average molecular weight is 322 g/mol. The predicted octanol–water partition coefficient (Wildman–Crippen LogP) is 4.32. The largest absolute Gasteiger partial charge is 0.275 e. The standard InChI is InChI=1S/C15H13BrFNO/c1-9-11-4-2-3-5-12(11)15(19)18(9)14-7-6-10(16)8-13(14)17/h6-8H,1-5H2. The molecule has 19 heavy (non-hydrogen) atoms. The quantitative estimate of drug-likeness (QED) is 0.754. The Balaban J connectivity index is 2.04. The van der Waals surface area contributed by atoms with Crippen molar-refractivity contribution in [2.75, 3.05) is 4.90 Å². The SMILES string of the molecule is C=C1C2=C(CCCC2)C(=O)N1c1ccc(Br)cc1F. The number of carbonyl (C=O) groups excluding carboxylic acids is 1. The molecule has 1 aromatic carbocycles. The third kappa shape index (κ3) is 1.94. The van der Waals surface area contributed by atoms with Crippen LogP contribution >= 0.6 is 15.9 Å². The van der Waals surface area contributed by atoms with Crippen LogP contribution in [0.2, 0.25) is 0 Å². The van der Waals surface area contributed by atoms with Crippen molar-refractivity contribution < 1.29 is 9.18 Å². The van der Waals surface area contributed by atoms with Crippen molar-refractivity contribution in [3.8, 4) is 0 Å². The summed E-state index contributed by atoms with van der Waals surface area (Å²) in [6.45, 7) is 3.98. The van der Waals surface area contributed by atoms with E-state index in [0.717, 1.165) is 36.8 Å². The topological polar surface area (TPSA) is 20.3 Å². The van der Waals surface area contributed by atoms with Crippen LogP contribution in [-0.2, 0) is 4.79 Å². The Bertz CT molecular complexity index is 593. The molecule has 0 unspecified atom stereocenters.